The Morgan fingerprint density at radius 3 is 3.10 bits per heavy atom. The first-order valence-corrected chi connectivity index (χ1v) is 8.62. The zero-order chi connectivity index (χ0) is 14.8. The van der Waals surface area contributed by atoms with E-state index in [2.05, 4.69) is 36.1 Å². The third-order valence-corrected chi connectivity index (χ3v) is 5.01. The van der Waals surface area contributed by atoms with Gasteiger partial charge in [-0.1, -0.05) is 18.2 Å². The molecule has 0 spiro atoms. The van der Waals surface area contributed by atoms with Gasteiger partial charge in [-0.15, -0.1) is 11.6 Å². The van der Waals surface area contributed by atoms with E-state index in [4.69, 9.17) is 16.6 Å². The third kappa shape index (κ3) is 2.96. The minimum atomic E-state index is 0.201. The van der Waals surface area contributed by atoms with Crippen LogP contribution >= 0.6 is 11.6 Å². The van der Waals surface area contributed by atoms with Gasteiger partial charge in [0, 0.05) is 23.5 Å². The summed E-state index contributed by atoms with van der Waals surface area (Å²) in [5, 5.41) is 0.201. The monoisotopic (exact) mass is 304 g/mol. The van der Waals surface area contributed by atoms with Gasteiger partial charge in [0.1, 0.15) is 5.84 Å². The summed E-state index contributed by atoms with van der Waals surface area (Å²) in [6.07, 6.45) is 15.2. The number of rotatable bonds is 3. The van der Waals surface area contributed by atoms with Crippen molar-refractivity contribution < 1.29 is 0 Å². The second-order valence-electron chi connectivity index (χ2n) is 6.32. The fourth-order valence-corrected chi connectivity index (χ4v) is 3.87. The molecule has 0 amide bonds. The van der Waals surface area contributed by atoms with E-state index in [-0.39, 0.29) is 5.38 Å². The van der Waals surface area contributed by atoms with Crippen LogP contribution in [-0.2, 0) is 0 Å². The van der Waals surface area contributed by atoms with E-state index in [1.165, 1.54) is 31.4 Å². The molecule has 21 heavy (non-hydrogen) atoms. The highest BCUT2D eigenvalue weighted by Gasteiger charge is 2.40. The van der Waals surface area contributed by atoms with Crippen LogP contribution in [0.4, 0.5) is 0 Å². The lowest BCUT2D eigenvalue weighted by molar-refractivity contribution is 0.371. The highest BCUT2D eigenvalue weighted by Crippen LogP contribution is 2.44. The summed E-state index contributed by atoms with van der Waals surface area (Å²) in [5.41, 5.74) is 3.08. The Labute approximate surface area is 133 Å². The van der Waals surface area contributed by atoms with Gasteiger partial charge in [-0.3, -0.25) is 4.99 Å². The molecule has 0 aromatic rings. The second kappa shape index (κ2) is 6.39. The van der Waals surface area contributed by atoms with Crippen molar-refractivity contribution in [2.24, 2.45) is 10.9 Å². The van der Waals surface area contributed by atoms with E-state index in [0.29, 0.717) is 12.0 Å². The van der Waals surface area contributed by atoms with Crippen molar-refractivity contribution in [1.29, 1.82) is 0 Å². The lowest BCUT2D eigenvalue weighted by atomic mass is 9.83. The van der Waals surface area contributed by atoms with Crippen LogP contribution in [0.3, 0.4) is 0 Å². The predicted octanol–water partition coefficient (Wildman–Crippen LogP) is 4.68. The molecule has 0 aromatic carbocycles. The van der Waals surface area contributed by atoms with Crippen LogP contribution in [0, 0.1) is 5.92 Å². The van der Waals surface area contributed by atoms with Gasteiger partial charge in [-0.25, -0.2) is 0 Å². The zero-order valence-corrected chi connectivity index (χ0v) is 13.8. The molecule has 1 aliphatic heterocycles. The summed E-state index contributed by atoms with van der Waals surface area (Å²) in [7, 11) is 0. The molecule has 3 aliphatic rings. The second-order valence-corrected chi connectivity index (χ2v) is 7.07. The molecule has 2 aliphatic carbocycles. The maximum absolute atomic E-state index is 6.03. The van der Waals surface area contributed by atoms with Crippen LogP contribution in [0.25, 0.3) is 0 Å². The summed E-state index contributed by atoms with van der Waals surface area (Å²) in [4.78, 5) is 7.25. The van der Waals surface area contributed by atoms with Crippen molar-refractivity contribution in [2.75, 3.05) is 6.54 Å². The van der Waals surface area contributed by atoms with E-state index in [1.54, 1.807) is 5.57 Å². The third-order valence-electron chi connectivity index (χ3n) is 4.80. The molecular formula is C18H25ClN2. The first-order valence-electron chi connectivity index (χ1n) is 8.19. The van der Waals surface area contributed by atoms with Crippen molar-refractivity contribution in [1.82, 2.24) is 4.90 Å². The number of nitrogens with zero attached hydrogens (tertiary/aromatic N) is 2. The molecule has 0 aromatic heterocycles. The smallest absolute Gasteiger partial charge is 0.101 e. The minimum Gasteiger partial charge on any atom is -0.323 e. The summed E-state index contributed by atoms with van der Waals surface area (Å²) in [6.45, 7) is 5.00. The molecule has 0 fully saturated rings. The highest BCUT2D eigenvalue weighted by molar-refractivity contribution is 6.20. The van der Waals surface area contributed by atoms with Gasteiger partial charge in [0.05, 0.1) is 6.04 Å². The lowest BCUT2D eigenvalue weighted by Crippen LogP contribution is -2.37. The fourth-order valence-electron chi connectivity index (χ4n) is 3.77. The number of amidine groups is 1. The zero-order valence-electron chi connectivity index (χ0n) is 13.1. The van der Waals surface area contributed by atoms with Crippen LogP contribution < -0.4 is 0 Å². The molecule has 3 heteroatoms. The Hall–Kier alpha value is -1.02. The van der Waals surface area contributed by atoms with Gasteiger partial charge in [-0.2, -0.15) is 0 Å². The molecule has 3 rings (SSSR count). The van der Waals surface area contributed by atoms with Crippen molar-refractivity contribution in [3.05, 3.63) is 35.6 Å². The summed E-state index contributed by atoms with van der Waals surface area (Å²) >= 11 is 6.03. The van der Waals surface area contributed by atoms with Gasteiger partial charge >= 0.3 is 0 Å². The largest absolute Gasteiger partial charge is 0.323 e. The standard InChI is InChI=1S/C18H25ClN2/c1-13(19)11-12-20-14(2)21-17-9-5-3-7-15(17)16-8-4-6-10-18(16)21/h5-6,9-10,13,15,17H,3-4,7-8,11-12H2,1-2H3/t13?,15-,17?/m1/s1. The van der Waals surface area contributed by atoms with E-state index in [9.17, 15) is 0 Å². The maximum Gasteiger partial charge on any atom is 0.101 e. The van der Waals surface area contributed by atoms with E-state index in [1.807, 2.05) is 6.92 Å². The average Bonchev–Trinajstić information content (AvgIpc) is 2.81. The van der Waals surface area contributed by atoms with Crippen molar-refractivity contribution in [3.63, 3.8) is 0 Å². The number of halogens is 1. The molecule has 1 heterocycles. The first kappa shape index (κ1) is 14.9. The number of allylic oxidation sites excluding steroid dienone is 3. The lowest BCUT2D eigenvalue weighted by Gasteiger charge is -2.31. The average molecular weight is 305 g/mol. The molecule has 2 unspecified atom stereocenters. The molecule has 0 N–H and O–H groups in total. The molecule has 0 radical (unpaired) electrons. The number of alkyl halides is 1. The predicted molar refractivity (Wildman–Crippen MR) is 90.8 cm³/mol. The van der Waals surface area contributed by atoms with Gasteiger partial charge in [0.15, 0.2) is 0 Å². The molecular weight excluding hydrogens is 280 g/mol. The molecule has 114 valence electrons. The fraction of sp³-hybridized carbons (Fsp3) is 0.611. The normalized spacial score (nSPS) is 29.7. The SMILES string of the molecule is CC(=NCCC(C)Cl)N1C2=C(CCC=C2)[C@H]2CCC=CC21. The Balaban J connectivity index is 1.85. The molecule has 0 saturated heterocycles. The van der Waals surface area contributed by atoms with E-state index < -0.39 is 0 Å². The summed E-state index contributed by atoms with van der Waals surface area (Å²) < 4.78 is 0. The maximum atomic E-state index is 6.03. The number of fused-ring (bicyclic) bond motifs is 2. The Kier molecular flexibility index (Phi) is 4.54. The van der Waals surface area contributed by atoms with Gasteiger partial charge in [0.25, 0.3) is 0 Å². The van der Waals surface area contributed by atoms with Crippen LogP contribution in [0.1, 0.15) is 46.0 Å². The number of hydrogen-bond acceptors (Lipinski definition) is 1. The van der Waals surface area contributed by atoms with Crippen LogP contribution in [0.2, 0.25) is 0 Å². The van der Waals surface area contributed by atoms with Crippen LogP contribution in [0.5, 0.6) is 0 Å². The number of hydrogen-bond donors (Lipinski definition) is 0. The van der Waals surface area contributed by atoms with Gasteiger partial charge < -0.3 is 4.90 Å². The van der Waals surface area contributed by atoms with Crippen LogP contribution in [-0.4, -0.2) is 28.7 Å². The van der Waals surface area contributed by atoms with Crippen molar-refractivity contribution in [3.8, 4) is 0 Å². The minimum absolute atomic E-state index is 0.201. The first-order chi connectivity index (χ1) is 10.2. The van der Waals surface area contributed by atoms with E-state index in [0.717, 1.165) is 18.8 Å². The summed E-state index contributed by atoms with van der Waals surface area (Å²) in [5.74, 6) is 1.84. The number of aliphatic imine (C=N–C) groups is 1. The molecule has 0 saturated carbocycles. The Morgan fingerprint density at radius 1 is 1.43 bits per heavy atom. The van der Waals surface area contributed by atoms with Crippen molar-refractivity contribution in [2.45, 2.75) is 57.4 Å². The quantitative estimate of drug-likeness (QED) is 0.320. The van der Waals surface area contributed by atoms with Gasteiger partial charge in [0.2, 0.25) is 0 Å². The Bertz CT molecular complexity index is 513. The van der Waals surface area contributed by atoms with Gasteiger partial charge in [-0.05, 0) is 57.6 Å². The van der Waals surface area contributed by atoms with Crippen LogP contribution in [0.15, 0.2) is 40.6 Å². The summed E-state index contributed by atoms with van der Waals surface area (Å²) in [6, 6.07) is 0.490. The molecule has 3 atom stereocenters. The topological polar surface area (TPSA) is 15.6 Å². The molecule has 0 bridgehead atoms. The highest BCUT2D eigenvalue weighted by atomic mass is 35.5. The van der Waals surface area contributed by atoms with E-state index >= 15 is 0 Å². The molecule has 2 nitrogen and oxygen atoms in total. The Morgan fingerprint density at radius 2 is 2.29 bits per heavy atom. The van der Waals surface area contributed by atoms with Crippen molar-refractivity contribution >= 4 is 17.4 Å².